The van der Waals surface area contributed by atoms with Crippen molar-refractivity contribution in [1.82, 2.24) is 4.90 Å². The Balaban J connectivity index is 0.00000210. The summed E-state index contributed by atoms with van der Waals surface area (Å²) in [5, 5.41) is 2.93. The average Bonchev–Trinajstić information content (AvgIpc) is 3.17. The maximum Gasteiger partial charge on any atom is 0.226 e. The lowest BCUT2D eigenvalue weighted by atomic mass is 10.0. The normalized spacial score (nSPS) is 14.4. The third kappa shape index (κ3) is 7.86. The molecule has 0 radical (unpaired) electrons. The molecule has 0 bridgehead atoms. The Kier molecular flexibility index (Phi) is 11.1. The highest BCUT2D eigenvalue weighted by molar-refractivity contribution is 5.91. The second-order valence-electron chi connectivity index (χ2n) is 7.15. The van der Waals surface area contributed by atoms with E-state index in [1.165, 1.54) is 25.9 Å². The Morgan fingerprint density at radius 1 is 1.14 bits per heavy atom. The number of carbonyl (C=O) groups is 1. The average molecular weight is 440 g/mol. The summed E-state index contributed by atoms with van der Waals surface area (Å²) in [6.07, 6.45) is 2.83. The van der Waals surface area contributed by atoms with Crippen molar-refractivity contribution in [3.05, 3.63) is 59.7 Å². The van der Waals surface area contributed by atoms with Gasteiger partial charge in [-0.25, -0.2) is 0 Å². The van der Waals surface area contributed by atoms with E-state index in [4.69, 9.17) is 10.5 Å². The summed E-state index contributed by atoms with van der Waals surface area (Å²) in [6.45, 7) is 6.02. The number of ether oxygens (including phenoxy) is 1. The molecule has 1 fully saturated rings. The van der Waals surface area contributed by atoms with Gasteiger partial charge in [-0.2, -0.15) is 0 Å². The van der Waals surface area contributed by atoms with Crippen LogP contribution in [0.25, 0.3) is 0 Å². The number of hydrogen-bond acceptors (Lipinski definition) is 4. The molecule has 0 aliphatic carbocycles. The van der Waals surface area contributed by atoms with Gasteiger partial charge in [0, 0.05) is 24.7 Å². The lowest BCUT2D eigenvalue weighted by Gasteiger charge is -2.16. The van der Waals surface area contributed by atoms with Crippen molar-refractivity contribution in [3.63, 3.8) is 0 Å². The topological polar surface area (TPSA) is 67.6 Å². The van der Waals surface area contributed by atoms with Gasteiger partial charge in [0.05, 0.1) is 0 Å². The summed E-state index contributed by atoms with van der Waals surface area (Å²) in [7, 11) is 0. The smallest absolute Gasteiger partial charge is 0.226 e. The molecule has 29 heavy (non-hydrogen) atoms. The first-order valence-corrected chi connectivity index (χ1v) is 9.68. The molecule has 0 saturated carbocycles. The van der Waals surface area contributed by atoms with Gasteiger partial charge in [-0.1, -0.05) is 30.3 Å². The first kappa shape index (κ1) is 25.2. The number of rotatable bonds is 8. The molecule has 7 heteroatoms. The minimum absolute atomic E-state index is 0. The predicted molar refractivity (Wildman–Crippen MR) is 123 cm³/mol. The molecule has 0 spiro atoms. The van der Waals surface area contributed by atoms with E-state index < -0.39 is 0 Å². The highest BCUT2D eigenvalue weighted by Gasteiger charge is 2.13. The molecule has 1 amide bonds. The van der Waals surface area contributed by atoms with Crippen LogP contribution in [0, 0.1) is 6.92 Å². The molecule has 1 aliphatic heterocycles. The van der Waals surface area contributed by atoms with Gasteiger partial charge in [-0.15, -0.1) is 24.8 Å². The quantitative estimate of drug-likeness (QED) is 0.641. The number of benzene rings is 2. The number of aryl methyl sites for hydroxylation is 1. The lowest BCUT2D eigenvalue weighted by Crippen LogP contribution is -2.25. The van der Waals surface area contributed by atoms with Crippen molar-refractivity contribution in [1.29, 1.82) is 0 Å². The molecule has 3 N–H and O–H groups in total. The Morgan fingerprint density at radius 2 is 1.83 bits per heavy atom. The van der Waals surface area contributed by atoms with Gasteiger partial charge >= 0.3 is 0 Å². The first-order chi connectivity index (χ1) is 13.1. The summed E-state index contributed by atoms with van der Waals surface area (Å²) >= 11 is 0. The van der Waals surface area contributed by atoms with Crippen LogP contribution in [-0.4, -0.2) is 37.0 Å². The number of nitrogens with one attached hydrogen (secondary N) is 1. The number of nitrogens with zero attached hydrogens (tertiary/aromatic N) is 1. The van der Waals surface area contributed by atoms with Gasteiger partial charge in [-0.05, 0) is 62.2 Å². The zero-order valence-electron chi connectivity index (χ0n) is 16.8. The van der Waals surface area contributed by atoms with Crippen LogP contribution >= 0.6 is 24.8 Å². The van der Waals surface area contributed by atoms with E-state index >= 15 is 0 Å². The van der Waals surface area contributed by atoms with Crippen LogP contribution in [0.3, 0.4) is 0 Å². The number of anilines is 1. The largest absolute Gasteiger partial charge is 0.492 e. The third-order valence-corrected chi connectivity index (χ3v) is 4.96. The minimum atomic E-state index is -0.305. The monoisotopic (exact) mass is 439 g/mol. The Labute approximate surface area is 185 Å². The molecule has 3 rings (SSSR count). The third-order valence-electron chi connectivity index (χ3n) is 4.96. The van der Waals surface area contributed by atoms with Crippen LogP contribution in [0.1, 0.15) is 36.4 Å². The van der Waals surface area contributed by atoms with Crippen molar-refractivity contribution in [2.75, 3.05) is 31.6 Å². The maximum absolute atomic E-state index is 12.3. The van der Waals surface area contributed by atoms with Crippen molar-refractivity contribution in [2.24, 2.45) is 5.73 Å². The van der Waals surface area contributed by atoms with E-state index in [1.807, 2.05) is 55.5 Å². The molecule has 1 unspecified atom stereocenters. The van der Waals surface area contributed by atoms with E-state index in [-0.39, 0.29) is 43.2 Å². The van der Waals surface area contributed by atoms with Crippen LogP contribution < -0.4 is 15.8 Å². The zero-order valence-corrected chi connectivity index (χ0v) is 18.4. The van der Waals surface area contributed by atoms with Crippen LogP contribution in [0.5, 0.6) is 5.75 Å². The second-order valence-corrected chi connectivity index (χ2v) is 7.15. The molecule has 2 aromatic rings. The predicted octanol–water partition coefficient (Wildman–Crippen LogP) is 4.34. The number of amides is 1. The summed E-state index contributed by atoms with van der Waals surface area (Å²) in [5.41, 5.74) is 8.87. The lowest BCUT2D eigenvalue weighted by molar-refractivity contribution is -0.116. The van der Waals surface area contributed by atoms with Gasteiger partial charge in [0.1, 0.15) is 12.4 Å². The number of carbonyl (C=O) groups excluding carboxylic acids is 1. The van der Waals surface area contributed by atoms with Gasteiger partial charge < -0.3 is 15.8 Å². The zero-order chi connectivity index (χ0) is 19.1. The molecule has 1 aliphatic rings. The Bertz CT molecular complexity index is 753. The van der Waals surface area contributed by atoms with Crippen molar-refractivity contribution in [2.45, 2.75) is 32.2 Å². The van der Waals surface area contributed by atoms with Crippen molar-refractivity contribution >= 4 is 36.4 Å². The molecular formula is C22H31Cl2N3O2. The van der Waals surface area contributed by atoms with E-state index in [9.17, 15) is 4.79 Å². The molecular weight excluding hydrogens is 409 g/mol. The summed E-state index contributed by atoms with van der Waals surface area (Å²) in [5.74, 6) is 0.779. The molecule has 2 aromatic carbocycles. The van der Waals surface area contributed by atoms with Crippen LogP contribution in [0.15, 0.2) is 48.5 Å². The Morgan fingerprint density at radius 3 is 2.48 bits per heavy atom. The maximum atomic E-state index is 12.3. The second kappa shape index (κ2) is 12.7. The fourth-order valence-corrected chi connectivity index (χ4v) is 3.41. The van der Waals surface area contributed by atoms with Gasteiger partial charge in [-0.3, -0.25) is 9.69 Å². The molecule has 160 valence electrons. The van der Waals surface area contributed by atoms with Crippen LogP contribution in [0.2, 0.25) is 0 Å². The fraction of sp³-hybridized carbons (Fsp3) is 0.409. The van der Waals surface area contributed by atoms with Gasteiger partial charge in [0.25, 0.3) is 0 Å². The highest BCUT2D eigenvalue weighted by atomic mass is 35.5. The standard InChI is InChI=1S/C22H29N3O2.2ClH/c1-17-15-19(9-10-21(17)27-14-13-25-11-5-6-12-25)24-22(26)16-20(23)18-7-3-2-4-8-18;;/h2-4,7-10,15,20H,5-6,11-14,16,23H2,1H3,(H,24,26);2*1H. The SMILES string of the molecule is Cc1cc(NC(=O)CC(N)c2ccccc2)ccc1OCCN1CCCC1.Cl.Cl. The molecule has 1 saturated heterocycles. The Hall–Kier alpha value is -1.79. The molecule has 5 nitrogen and oxygen atoms in total. The van der Waals surface area contributed by atoms with E-state index in [1.54, 1.807) is 0 Å². The number of halogens is 2. The molecule has 1 atom stereocenters. The first-order valence-electron chi connectivity index (χ1n) is 9.68. The van der Waals surface area contributed by atoms with Gasteiger partial charge in [0.15, 0.2) is 0 Å². The van der Waals surface area contributed by atoms with Crippen LogP contribution in [0.4, 0.5) is 5.69 Å². The van der Waals surface area contributed by atoms with E-state index in [2.05, 4.69) is 10.2 Å². The van der Waals surface area contributed by atoms with E-state index in [0.29, 0.717) is 6.61 Å². The van der Waals surface area contributed by atoms with Gasteiger partial charge in [0.2, 0.25) is 5.91 Å². The number of nitrogens with two attached hydrogens (primary N) is 1. The summed E-state index contributed by atoms with van der Waals surface area (Å²) in [6, 6.07) is 15.1. The van der Waals surface area contributed by atoms with Crippen LogP contribution in [-0.2, 0) is 4.79 Å². The number of hydrogen-bond donors (Lipinski definition) is 2. The van der Waals surface area contributed by atoms with E-state index in [0.717, 1.165) is 29.1 Å². The summed E-state index contributed by atoms with van der Waals surface area (Å²) in [4.78, 5) is 14.7. The number of likely N-dealkylation sites (tertiary alicyclic amines) is 1. The minimum Gasteiger partial charge on any atom is -0.492 e. The molecule has 0 aromatic heterocycles. The van der Waals surface area contributed by atoms with Crippen molar-refractivity contribution in [3.8, 4) is 5.75 Å². The summed E-state index contributed by atoms with van der Waals surface area (Å²) < 4.78 is 5.91. The van der Waals surface area contributed by atoms with Crippen molar-refractivity contribution < 1.29 is 9.53 Å². The fourth-order valence-electron chi connectivity index (χ4n) is 3.41. The molecule has 1 heterocycles. The highest BCUT2D eigenvalue weighted by Crippen LogP contribution is 2.23.